The second-order valence-corrected chi connectivity index (χ2v) is 7.05. The molecule has 3 rings (SSSR count). The highest BCUT2D eigenvalue weighted by Gasteiger charge is 2.26. The summed E-state index contributed by atoms with van der Waals surface area (Å²) in [7, 11) is 1.57. The summed E-state index contributed by atoms with van der Waals surface area (Å²) in [6.45, 7) is 0.844. The van der Waals surface area contributed by atoms with Gasteiger partial charge in [0.15, 0.2) is 5.16 Å². The summed E-state index contributed by atoms with van der Waals surface area (Å²) in [4.78, 5) is 20.4. The number of hydrogen-bond acceptors (Lipinski definition) is 6. The smallest absolute Gasteiger partial charge is 0.222 e. The summed E-state index contributed by atoms with van der Waals surface area (Å²) in [5.74, 6) is 0.634. The fourth-order valence-corrected chi connectivity index (χ4v) is 3.40. The average Bonchev–Trinajstić information content (AvgIpc) is 3.08. The second-order valence-electron chi connectivity index (χ2n) is 5.87. The maximum absolute atomic E-state index is 11.7. The lowest BCUT2D eigenvalue weighted by atomic mass is 10.0. The van der Waals surface area contributed by atoms with E-state index in [1.165, 1.54) is 11.8 Å². The Hall–Kier alpha value is -1.83. The van der Waals surface area contributed by atoms with Gasteiger partial charge in [0.25, 0.3) is 0 Å². The number of thioether (sulfide) groups is 1. The standard InChI is InChI=1S/C18H20ClN3O3S/c1-24-6-4-16(23)21-10-13-8-12-7-11(9-14(19)17(12)25-13)15-3-5-20-18(22-15)26-2/h3,5,7,9,13H,4,6,8,10H2,1-2H3,(H,21,23). The van der Waals surface area contributed by atoms with Crippen LogP contribution in [-0.4, -0.2) is 48.5 Å². The maximum atomic E-state index is 11.7. The Kier molecular flexibility index (Phi) is 6.34. The highest BCUT2D eigenvalue weighted by Crippen LogP contribution is 2.39. The van der Waals surface area contributed by atoms with Crippen LogP contribution in [0.4, 0.5) is 0 Å². The lowest BCUT2D eigenvalue weighted by Crippen LogP contribution is -2.34. The molecule has 1 atom stereocenters. The molecule has 1 aromatic heterocycles. The van der Waals surface area contributed by atoms with Gasteiger partial charge in [-0.3, -0.25) is 4.79 Å². The molecule has 8 heteroatoms. The summed E-state index contributed by atoms with van der Waals surface area (Å²) in [6.07, 6.45) is 4.58. The number of nitrogens with zero attached hydrogens (tertiary/aromatic N) is 2. The molecule has 138 valence electrons. The molecule has 1 amide bonds. The number of ether oxygens (including phenoxy) is 2. The summed E-state index contributed by atoms with van der Waals surface area (Å²) < 4.78 is 10.8. The molecule has 0 bridgehead atoms. The molecule has 0 fully saturated rings. The molecule has 0 saturated heterocycles. The van der Waals surface area contributed by atoms with Crippen LogP contribution < -0.4 is 10.1 Å². The molecule has 0 spiro atoms. The van der Waals surface area contributed by atoms with Gasteiger partial charge in [-0.05, 0) is 24.5 Å². The quantitative estimate of drug-likeness (QED) is 0.576. The van der Waals surface area contributed by atoms with Crippen molar-refractivity contribution < 1.29 is 14.3 Å². The molecule has 1 aliphatic rings. The summed E-state index contributed by atoms with van der Waals surface area (Å²) in [5.41, 5.74) is 2.78. The fourth-order valence-electron chi connectivity index (χ4n) is 2.76. The number of hydrogen-bond donors (Lipinski definition) is 1. The lowest BCUT2D eigenvalue weighted by molar-refractivity contribution is -0.122. The molecular formula is C18H20ClN3O3S. The van der Waals surface area contributed by atoms with Crippen LogP contribution in [-0.2, 0) is 16.0 Å². The third kappa shape index (κ3) is 4.47. The molecule has 26 heavy (non-hydrogen) atoms. The van der Waals surface area contributed by atoms with E-state index in [9.17, 15) is 4.79 Å². The number of amides is 1. The number of nitrogens with one attached hydrogen (secondary N) is 1. The molecule has 1 aliphatic heterocycles. The van der Waals surface area contributed by atoms with E-state index in [1.807, 2.05) is 24.5 Å². The third-order valence-electron chi connectivity index (χ3n) is 4.02. The zero-order chi connectivity index (χ0) is 18.5. The molecule has 1 N–H and O–H groups in total. The van der Waals surface area contributed by atoms with Crippen LogP contribution in [0.3, 0.4) is 0 Å². The summed E-state index contributed by atoms with van der Waals surface area (Å²) in [6, 6.07) is 5.76. The van der Waals surface area contributed by atoms with Crippen molar-refractivity contribution in [3.8, 4) is 17.0 Å². The van der Waals surface area contributed by atoms with Gasteiger partial charge >= 0.3 is 0 Å². The van der Waals surface area contributed by atoms with Gasteiger partial charge in [0.2, 0.25) is 5.91 Å². The second kappa shape index (κ2) is 8.70. The van der Waals surface area contributed by atoms with Gasteiger partial charge in [-0.25, -0.2) is 9.97 Å². The maximum Gasteiger partial charge on any atom is 0.222 e. The van der Waals surface area contributed by atoms with E-state index in [4.69, 9.17) is 21.1 Å². The lowest BCUT2D eigenvalue weighted by Gasteiger charge is -2.12. The van der Waals surface area contributed by atoms with Crippen LogP contribution in [0.25, 0.3) is 11.3 Å². The minimum Gasteiger partial charge on any atom is -0.486 e. The van der Waals surface area contributed by atoms with Crippen molar-refractivity contribution in [3.05, 3.63) is 35.0 Å². The van der Waals surface area contributed by atoms with Gasteiger partial charge < -0.3 is 14.8 Å². The average molecular weight is 394 g/mol. The van der Waals surface area contributed by atoms with Gasteiger partial charge in [0, 0.05) is 37.3 Å². The Balaban J connectivity index is 1.70. The summed E-state index contributed by atoms with van der Waals surface area (Å²) >= 11 is 7.91. The third-order valence-corrected chi connectivity index (χ3v) is 4.87. The Morgan fingerprint density at radius 2 is 2.35 bits per heavy atom. The highest BCUT2D eigenvalue weighted by atomic mass is 35.5. The van der Waals surface area contributed by atoms with Crippen LogP contribution in [0.2, 0.25) is 5.02 Å². The zero-order valence-electron chi connectivity index (χ0n) is 14.6. The van der Waals surface area contributed by atoms with Gasteiger partial charge in [-0.1, -0.05) is 23.4 Å². The number of methoxy groups -OCH3 is 1. The SMILES string of the molecule is COCCC(=O)NCC1Cc2cc(-c3ccnc(SC)n3)cc(Cl)c2O1. The Bertz CT molecular complexity index is 803. The van der Waals surface area contributed by atoms with E-state index in [2.05, 4.69) is 15.3 Å². The van der Waals surface area contributed by atoms with Crippen LogP contribution >= 0.6 is 23.4 Å². The van der Waals surface area contributed by atoms with Crippen LogP contribution in [0.15, 0.2) is 29.6 Å². The van der Waals surface area contributed by atoms with Crippen LogP contribution in [0, 0.1) is 0 Å². The first kappa shape index (κ1) is 18.9. The largest absolute Gasteiger partial charge is 0.486 e. The van der Waals surface area contributed by atoms with Crippen LogP contribution in [0.5, 0.6) is 5.75 Å². The number of rotatable bonds is 7. The van der Waals surface area contributed by atoms with E-state index in [0.29, 0.717) is 41.9 Å². The molecule has 0 aliphatic carbocycles. The van der Waals surface area contributed by atoms with Gasteiger partial charge in [0.1, 0.15) is 11.9 Å². The van der Waals surface area contributed by atoms with Crippen molar-refractivity contribution in [2.45, 2.75) is 24.1 Å². The van der Waals surface area contributed by atoms with Crippen molar-refractivity contribution in [1.82, 2.24) is 15.3 Å². The van der Waals surface area contributed by atoms with E-state index < -0.39 is 0 Å². The van der Waals surface area contributed by atoms with Crippen molar-refractivity contribution in [1.29, 1.82) is 0 Å². The zero-order valence-corrected chi connectivity index (χ0v) is 16.2. The number of benzene rings is 1. The number of carbonyl (C=O) groups is 1. The minimum absolute atomic E-state index is 0.0521. The van der Waals surface area contributed by atoms with E-state index >= 15 is 0 Å². The molecular weight excluding hydrogens is 374 g/mol. The monoisotopic (exact) mass is 393 g/mol. The Labute approximate surface area is 161 Å². The first-order chi connectivity index (χ1) is 12.6. The minimum atomic E-state index is -0.128. The first-order valence-electron chi connectivity index (χ1n) is 8.23. The summed E-state index contributed by atoms with van der Waals surface area (Å²) in [5, 5.41) is 4.13. The predicted molar refractivity (Wildman–Crippen MR) is 102 cm³/mol. The van der Waals surface area contributed by atoms with E-state index in [0.717, 1.165) is 16.8 Å². The number of fused-ring (bicyclic) bond motifs is 1. The molecule has 2 aromatic rings. The van der Waals surface area contributed by atoms with Gasteiger partial charge in [-0.15, -0.1) is 0 Å². The fraction of sp³-hybridized carbons (Fsp3) is 0.389. The molecule has 2 heterocycles. The van der Waals surface area contributed by atoms with Gasteiger partial charge in [0.05, 0.1) is 23.9 Å². The van der Waals surface area contributed by atoms with Crippen LogP contribution in [0.1, 0.15) is 12.0 Å². The normalized spacial score (nSPS) is 15.4. The Morgan fingerprint density at radius 3 is 3.12 bits per heavy atom. The number of carbonyl (C=O) groups excluding carboxylic acids is 1. The van der Waals surface area contributed by atoms with Crippen molar-refractivity contribution >= 4 is 29.3 Å². The first-order valence-corrected chi connectivity index (χ1v) is 9.83. The predicted octanol–water partition coefficient (Wildman–Crippen LogP) is 2.98. The topological polar surface area (TPSA) is 73.3 Å². The van der Waals surface area contributed by atoms with Crippen molar-refractivity contribution in [2.24, 2.45) is 0 Å². The number of halogens is 1. The van der Waals surface area contributed by atoms with Gasteiger partial charge in [-0.2, -0.15) is 0 Å². The van der Waals surface area contributed by atoms with Crippen molar-refractivity contribution in [3.63, 3.8) is 0 Å². The molecule has 1 aromatic carbocycles. The molecule has 0 saturated carbocycles. The molecule has 1 unspecified atom stereocenters. The van der Waals surface area contributed by atoms with E-state index in [-0.39, 0.29) is 12.0 Å². The highest BCUT2D eigenvalue weighted by molar-refractivity contribution is 7.98. The number of aromatic nitrogens is 2. The van der Waals surface area contributed by atoms with Crippen molar-refractivity contribution in [2.75, 3.05) is 26.5 Å². The Morgan fingerprint density at radius 1 is 1.50 bits per heavy atom. The molecule has 0 radical (unpaired) electrons. The van der Waals surface area contributed by atoms with E-state index in [1.54, 1.807) is 13.3 Å². The molecule has 6 nitrogen and oxygen atoms in total.